The third kappa shape index (κ3) is 2.95. The fourth-order valence-electron chi connectivity index (χ4n) is 1.88. The van der Waals surface area contributed by atoms with Gasteiger partial charge in [0.15, 0.2) is 9.84 Å². The summed E-state index contributed by atoms with van der Waals surface area (Å²) in [6, 6.07) is 1.16. The molecule has 18 heavy (non-hydrogen) atoms. The number of amides is 1. The van der Waals surface area contributed by atoms with Crippen LogP contribution in [0.5, 0.6) is 0 Å². The minimum atomic E-state index is -3.01. The van der Waals surface area contributed by atoms with Crippen molar-refractivity contribution >= 4 is 21.7 Å². The number of nitrogens with two attached hydrogens (primary N) is 1. The van der Waals surface area contributed by atoms with Crippen LogP contribution in [0.2, 0.25) is 0 Å². The quantitative estimate of drug-likeness (QED) is 0.733. The first-order valence-electron chi connectivity index (χ1n) is 5.48. The van der Waals surface area contributed by atoms with Gasteiger partial charge in [-0.1, -0.05) is 0 Å². The normalized spacial score (nSPS) is 21.7. The lowest BCUT2D eigenvalue weighted by atomic mass is 10.2. The molecule has 7 nitrogen and oxygen atoms in total. The van der Waals surface area contributed by atoms with Crippen LogP contribution in [0, 0.1) is 6.92 Å². The lowest BCUT2D eigenvalue weighted by Crippen LogP contribution is -2.36. The van der Waals surface area contributed by atoms with Crippen molar-refractivity contribution in [2.45, 2.75) is 19.4 Å². The topological polar surface area (TPSA) is 115 Å². The van der Waals surface area contributed by atoms with Gasteiger partial charge in [-0.05, 0) is 19.4 Å². The molecule has 1 aliphatic heterocycles. The molecule has 1 saturated heterocycles. The molecule has 1 atom stereocenters. The standard InChI is InChI=1S/C10H14N4O3S/c1-6-4-8(14-10(11)12-6)9(15)13-7-2-3-18(16,17)5-7/h4,7H,2-3,5H2,1H3,(H,13,15)(H2,11,12,14). The van der Waals surface area contributed by atoms with Gasteiger partial charge in [0.25, 0.3) is 5.91 Å². The van der Waals surface area contributed by atoms with Crippen LogP contribution in [0.1, 0.15) is 22.6 Å². The average Bonchev–Trinajstić information content (AvgIpc) is 2.56. The first kappa shape index (κ1) is 12.7. The highest BCUT2D eigenvalue weighted by molar-refractivity contribution is 7.91. The van der Waals surface area contributed by atoms with Gasteiger partial charge in [0.2, 0.25) is 5.95 Å². The summed E-state index contributed by atoms with van der Waals surface area (Å²) < 4.78 is 22.5. The van der Waals surface area contributed by atoms with Gasteiger partial charge in [0.1, 0.15) is 5.69 Å². The lowest BCUT2D eigenvalue weighted by Gasteiger charge is -2.10. The number of hydrogen-bond acceptors (Lipinski definition) is 6. The molecule has 98 valence electrons. The zero-order valence-electron chi connectivity index (χ0n) is 9.88. The molecular formula is C10H14N4O3S. The van der Waals surface area contributed by atoms with Crippen molar-refractivity contribution in [1.29, 1.82) is 0 Å². The number of nitrogens with one attached hydrogen (secondary N) is 1. The van der Waals surface area contributed by atoms with E-state index in [1.807, 2.05) is 0 Å². The van der Waals surface area contributed by atoms with Gasteiger partial charge >= 0.3 is 0 Å². The Kier molecular flexibility index (Phi) is 3.20. The van der Waals surface area contributed by atoms with Crippen LogP contribution in [0.4, 0.5) is 5.95 Å². The molecule has 1 fully saturated rings. The number of aryl methyl sites for hydroxylation is 1. The first-order chi connectivity index (χ1) is 8.35. The maximum Gasteiger partial charge on any atom is 0.270 e. The van der Waals surface area contributed by atoms with E-state index < -0.39 is 15.7 Å². The summed E-state index contributed by atoms with van der Waals surface area (Å²) in [6.07, 6.45) is 0.438. The van der Waals surface area contributed by atoms with Crippen LogP contribution in [0.3, 0.4) is 0 Å². The van der Waals surface area contributed by atoms with E-state index in [1.54, 1.807) is 6.92 Å². The highest BCUT2D eigenvalue weighted by Gasteiger charge is 2.29. The molecule has 1 aliphatic rings. The third-order valence-electron chi connectivity index (χ3n) is 2.67. The van der Waals surface area contributed by atoms with Gasteiger partial charge in [-0.15, -0.1) is 0 Å². The van der Waals surface area contributed by atoms with Gasteiger partial charge in [-0.2, -0.15) is 0 Å². The highest BCUT2D eigenvalue weighted by Crippen LogP contribution is 2.12. The number of anilines is 1. The maximum absolute atomic E-state index is 11.9. The molecule has 1 amide bonds. The second-order valence-corrected chi connectivity index (χ2v) is 6.55. The third-order valence-corrected chi connectivity index (χ3v) is 4.44. The Morgan fingerprint density at radius 3 is 2.78 bits per heavy atom. The molecule has 0 bridgehead atoms. The van der Waals surface area contributed by atoms with Crippen molar-refractivity contribution in [3.63, 3.8) is 0 Å². The molecule has 3 N–H and O–H groups in total. The SMILES string of the molecule is Cc1cc(C(=O)NC2CCS(=O)(=O)C2)nc(N)n1. The number of hydrogen-bond donors (Lipinski definition) is 2. The van der Waals surface area contributed by atoms with E-state index in [0.29, 0.717) is 12.1 Å². The summed E-state index contributed by atoms with van der Waals surface area (Å²) in [5.74, 6) is -0.297. The molecule has 0 aromatic carbocycles. The fourth-order valence-corrected chi connectivity index (χ4v) is 3.55. The van der Waals surface area contributed by atoms with Gasteiger partial charge in [0, 0.05) is 11.7 Å². The summed E-state index contributed by atoms with van der Waals surface area (Å²) >= 11 is 0. The van der Waals surface area contributed by atoms with E-state index in [1.165, 1.54) is 6.07 Å². The van der Waals surface area contributed by atoms with Crippen molar-refractivity contribution in [2.24, 2.45) is 0 Å². The second-order valence-electron chi connectivity index (χ2n) is 4.33. The number of carbonyl (C=O) groups excluding carboxylic acids is 1. The summed E-state index contributed by atoms with van der Waals surface area (Å²) in [5.41, 5.74) is 6.20. The van der Waals surface area contributed by atoms with Crippen LogP contribution in [0.25, 0.3) is 0 Å². The Balaban J connectivity index is 2.08. The molecule has 0 spiro atoms. The smallest absolute Gasteiger partial charge is 0.270 e. The molecular weight excluding hydrogens is 256 g/mol. The Morgan fingerprint density at radius 2 is 2.22 bits per heavy atom. The molecule has 8 heteroatoms. The summed E-state index contributed by atoms with van der Waals surface area (Å²) in [4.78, 5) is 19.5. The van der Waals surface area contributed by atoms with Crippen LogP contribution in [-0.2, 0) is 9.84 Å². The first-order valence-corrected chi connectivity index (χ1v) is 7.30. The fraction of sp³-hybridized carbons (Fsp3) is 0.500. The van der Waals surface area contributed by atoms with Crippen LogP contribution >= 0.6 is 0 Å². The zero-order chi connectivity index (χ0) is 13.3. The second kappa shape index (κ2) is 4.52. The van der Waals surface area contributed by atoms with Crippen LogP contribution < -0.4 is 11.1 Å². The van der Waals surface area contributed by atoms with Gasteiger partial charge in [0.05, 0.1) is 11.5 Å². The van der Waals surface area contributed by atoms with Crippen molar-refractivity contribution in [1.82, 2.24) is 15.3 Å². The van der Waals surface area contributed by atoms with E-state index in [2.05, 4.69) is 15.3 Å². The van der Waals surface area contributed by atoms with Gasteiger partial charge in [-0.25, -0.2) is 18.4 Å². The minimum absolute atomic E-state index is 0.0156. The van der Waals surface area contributed by atoms with Gasteiger partial charge in [-0.3, -0.25) is 4.79 Å². The Labute approximate surface area is 105 Å². The summed E-state index contributed by atoms with van der Waals surface area (Å²) in [7, 11) is -3.01. The minimum Gasteiger partial charge on any atom is -0.368 e. The zero-order valence-corrected chi connectivity index (χ0v) is 10.7. The molecule has 1 unspecified atom stereocenters. The average molecular weight is 270 g/mol. The number of sulfone groups is 1. The summed E-state index contributed by atoms with van der Waals surface area (Å²) in [5, 5.41) is 2.64. The Morgan fingerprint density at radius 1 is 1.50 bits per heavy atom. The van der Waals surface area contributed by atoms with Crippen LogP contribution in [0.15, 0.2) is 6.07 Å². The van der Waals surface area contributed by atoms with E-state index in [4.69, 9.17) is 5.73 Å². The predicted octanol–water partition coefficient (Wildman–Crippen LogP) is -0.716. The molecule has 0 radical (unpaired) electrons. The molecule has 2 rings (SSSR count). The number of nitrogens with zero attached hydrogens (tertiary/aromatic N) is 2. The predicted molar refractivity (Wildman–Crippen MR) is 65.7 cm³/mol. The number of carbonyl (C=O) groups is 1. The maximum atomic E-state index is 11.9. The monoisotopic (exact) mass is 270 g/mol. The summed E-state index contributed by atoms with van der Waals surface area (Å²) in [6.45, 7) is 1.70. The van der Waals surface area contributed by atoms with E-state index >= 15 is 0 Å². The van der Waals surface area contributed by atoms with Crippen molar-refractivity contribution in [3.8, 4) is 0 Å². The molecule has 1 aromatic rings. The highest BCUT2D eigenvalue weighted by atomic mass is 32.2. The van der Waals surface area contributed by atoms with E-state index in [-0.39, 0.29) is 29.2 Å². The largest absolute Gasteiger partial charge is 0.368 e. The van der Waals surface area contributed by atoms with Crippen molar-refractivity contribution in [3.05, 3.63) is 17.5 Å². The molecule has 0 saturated carbocycles. The lowest BCUT2D eigenvalue weighted by molar-refractivity contribution is 0.0936. The van der Waals surface area contributed by atoms with Crippen molar-refractivity contribution < 1.29 is 13.2 Å². The number of aromatic nitrogens is 2. The number of nitrogen functional groups attached to an aromatic ring is 1. The van der Waals surface area contributed by atoms with Gasteiger partial charge < -0.3 is 11.1 Å². The van der Waals surface area contributed by atoms with Crippen molar-refractivity contribution in [2.75, 3.05) is 17.2 Å². The van der Waals surface area contributed by atoms with E-state index in [9.17, 15) is 13.2 Å². The van der Waals surface area contributed by atoms with Crippen LogP contribution in [-0.4, -0.2) is 41.8 Å². The van der Waals surface area contributed by atoms with E-state index in [0.717, 1.165) is 0 Å². The Hall–Kier alpha value is -1.70. The molecule has 2 heterocycles. The molecule has 0 aliphatic carbocycles. The molecule has 1 aromatic heterocycles. The number of rotatable bonds is 2. The Bertz CT molecular complexity index is 565.